The highest BCUT2D eigenvalue weighted by atomic mass is 32.1. The van der Waals surface area contributed by atoms with E-state index in [-0.39, 0.29) is 24.3 Å². The summed E-state index contributed by atoms with van der Waals surface area (Å²) in [5.74, 6) is 0.283. The van der Waals surface area contributed by atoms with Gasteiger partial charge in [-0.05, 0) is 24.6 Å². The van der Waals surface area contributed by atoms with E-state index in [1.807, 2.05) is 49.4 Å². The summed E-state index contributed by atoms with van der Waals surface area (Å²) in [6, 6.07) is 16.5. The largest absolute Gasteiger partial charge is 0.355 e. The van der Waals surface area contributed by atoms with Crippen LogP contribution in [0.1, 0.15) is 33.9 Å². The van der Waals surface area contributed by atoms with Crippen LogP contribution in [0.4, 0.5) is 0 Å². The molecule has 0 fully saturated rings. The first-order valence-corrected chi connectivity index (χ1v) is 8.53. The molecule has 1 atom stereocenters. The zero-order valence-corrected chi connectivity index (χ0v) is 14.6. The summed E-state index contributed by atoms with van der Waals surface area (Å²) in [7, 11) is 0. The van der Waals surface area contributed by atoms with Crippen LogP contribution in [0.5, 0.6) is 0 Å². The summed E-state index contributed by atoms with van der Waals surface area (Å²) < 4.78 is 0. The summed E-state index contributed by atoms with van der Waals surface area (Å²) in [6.07, 6.45) is 0.190. The predicted molar refractivity (Wildman–Crippen MR) is 99.3 cm³/mol. The Hall–Kier alpha value is -2.27. The van der Waals surface area contributed by atoms with Crippen LogP contribution in [0.25, 0.3) is 0 Å². The number of carbonyl (C=O) groups is 2. The van der Waals surface area contributed by atoms with E-state index in [9.17, 15) is 9.59 Å². The SMILES string of the molecule is Cc1ccc(C(=O)NC(CC(=O)NCCS)c2ccccc2)cc1. The standard InChI is InChI=1S/C19H22N2O2S/c1-14-7-9-16(10-8-14)19(23)21-17(13-18(22)20-11-12-24)15-5-3-2-4-6-15/h2-10,17,24H,11-13H2,1H3,(H,20,22)(H,21,23). The molecule has 0 aliphatic carbocycles. The molecule has 4 nitrogen and oxygen atoms in total. The number of thiol groups is 1. The molecule has 0 saturated heterocycles. The monoisotopic (exact) mass is 342 g/mol. The molecule has 0 saturated carbocycles. The predicted octanol–water partition coefficient (Wildman–Crippen LogP) is 2.90. The van der Waals surface area contributed by atoms with Crippen LogP contribution in [0, 0.1) is 6.92 Å². The van der Waals surface area contributed by atoms with Gasteiger partial charge in [0.1, 0.15) is 0 Å². The van der Waals surface area contributed by atoms with Crippen molar-refractivity contribution in [2.45, 2.75) is 19.4 Å². The van der Waals surface area contributed by atoms with Gasteiger partial charge in [0.15, 0.2) is 0 Å². The average molecular weight is 342 g/mol. The first-order chi connectivity index (χ1) is 11.6. The van der Waals surface area contributed by atoms with Gasteiger partial charge in [-0.15, -0.1) is 0 Å². The van der Waals surface area contributed by atoms with E-state index in [0.29, 0.717) is 17.9 Å². The maximum Gasteiger partial charge on any atom is 0.251 e. The molecule has 2 N–H and O–H groups in total. The summed E-state index contributed by atoms with van der Waals surface area (Å²) in [6.45, 7) is 2.48. The lowest BCUT2D eigenvalue weighted by molar-refractivity contribution is -0.121. The molecule has 1 unspecified atom stereocenters. The second kappa shape index (κ2) is 9.13. The molecule has 2 amide bonds. The lowest BCUT2D eigenvalue weighted by Gasteiger charge is -2.19. The minimum absolute atomic E-state index is 0.109. The van der Waals surface area contributed by atoms with Gasteiger partial charge < -0.3 is 10.6 Å². The van der Waals surface area contributed by atoms with E-state index in [1.54, 1.807) is 12.1 Å². The Morgan fingerprint density at radius 2 is 1.71 bits per heavy atom. The molecule has 0 aromatic heterocycles. The number of rotatable bonds is 7. The first kappa shape index (κ1) is 18.1. The molecule has 0 aliphatic heterocycles. The first-order valence-electron chi connectivity index (χ1n) is 7.90. The second-order valence-corrected chi connectivity index (χ2v) is 6.03. The van der Waals surface area contributed by atoms with Gasteiger partial charge in [0.25, 0.3) is 5.91 Å². The van der Waals surface area contributed by atoms with Crippen LogP contribution in [0.2, 0.25) is 0 Å². The van der Waals surface area contributed by atoms with Gasteiger partial charge in [0.2, 0.25) is 5.91 Å². The Morgan fingerprint density at radius 1 is 1.04 bits per heavy atom. The fourth-order valence-corrected chi connectivity index (χ4v) is 2.45. The van der Waals surface area contributed by atoms with E-state index in [1.165, 1.54) is 0 Å². The minimum Gasteiger partial charge on any atom is -0.355 e. The van der Waals surface area contributed by atoms with Crippen molar-refractivity contribution in [3.05, 3.63) is 71.3 Å². The smallest absolute Gasteiger partial charge is 0.251 e. The number of benzene rings is 2. The third kappa shape index (κ3) is 5.42. The maximum absolute atomic E-state index is 12.5. The minimum atomic E-state index is -0.375. The lowest BCUT2D eigenvalue weighted by atomic mass is 10.0. The molecule has 0 heterocycles. The van der Waals surface area contributed by atoms with Crippen LogP contribution in [0.3, 0.4) is 0 Å². The quantitative estimate of drug-likeness (QED) is 0.678. The Bertz CT molecular complexity index is 672. The topological polar surface area (TPSA) is 58.2 Å². The molecule has 0 spiro atoms. The van der Waals surface area contributed by atoms with E-state index in [4.69, 9.17) is 0 Å². The molecule has 2 aromatic rings. The van der Waals surface area contributed by atoms with Crippen molar-refractivity contribution in [2.24, 2.45) is 0 Å². The number of nitrogens with one attached hydrogen (secondary N) is 2. The van der Waals surface area contributed by atoms with Gasteiger partial charge in [0, 0.05) is 17.9 Å². The molecule has 0 bridgehead atoms. The van der Waals surface area contributed by atoms with E-state index in [0.717, 1.165) is 11.1 Å². The molecule has 126 valence electrons. The van der Waals surface area contributed by atoms with Crippen molar-refractivity contribution in [2.75, 3.05) is 12.3 Å². The van der Waals surface area contributed by atoms with Crippen molar-refractivity contribution in [1.29, 1.82) is 0 Å². The van der Waals surface area contributed by atoms with E-state index in [2.05, 4.69) is 23.3 Å². The Balaban J connectivity index is 2.12. The van der Waals surface area contributed by atoms with Gasteiger partial charge in [-0.1, -0.05) is 48.0 Å². The van der Waals surface area contributed by atoms with Crippen LogP contribution in [-0.4, -0.2) is 24.1 Å². The summed E-state index contributed by atoms with van der Waals surface area (Å²) in [5.41, 5.74) is 2.58. The van der Waals surface area contributed by atoms with Gasteiger partial charge in [-0.25, -0.2) is 0 Å². The molecule has 2 aromatic carbocycles. The van der Waals surface area contributed by atoms with E-state index < -0.39 is 0 Å². The number of carbonyl (C=O) groups excluding carboxylic acids is 2. The third-order valence-electron chi connectivity index (χ3n) is 3.64. The van der Waals surface area contributed by atoms with Crippen LogP contribution >= 0.6 is 12.6 Å². The van der Waals surface area contributed by atoms with Crippen molar-refractivity contribution in [3.63, 3.8) is 0 Å². The van der Waals surface area contributed by atoms with Gasteiger partial charge in [0.05, 0.1) is 12.5 Å². The van der Waals surface area contributed by atoms with Gasteiger partial charge in [-0.3, -0.25) is 9.59 Å². The molecular weight excluding hydrogens is 320 g/mol. The normalized spacial score (nSPS) is 11.6. The lowest BCUT2D eigenvalue weighted by Crippen LogP contribution is -2.34. The molecule has 5 heteroatoms. The summed E-state index contributed by atoms with van der Waals surface area (Å²) in [5, 5.41) is 5.74. The summed E-state index contributed by atoms with van der Waals surface area (Å²) in [4.78, 5) is 24.5. The van der Waals surface area contributed by atoms with Crippen LogP contribution in [0.15, 0.2) is 54.6 Å². The van der Waals surface area contributed by atoms with E-state index >= 15 is 0 Å². The molecule has 24 heavy (non-hydrogen) atoms. The highest BCUT2D eigenvalue weighted by molar-refractivity contribution is 7.80. The van der Waals surface area contributed by atoms with Crippen LogP contribution < -0.4 is 10.6 Å². The Labute approximate surface area is 148 Å². The zero-order valence-electron chi connectivity index (χ0n) is 13.7. The maximum atomic E-state index is 12.5. The highest BCUT2D eigenvalue weighted by Gasteiger charge is 2.19. The number of amides is 2. The third-order valence-corrected chi connectivity index (χ3v) is 3.87. The number of hydrogen-bond acceptors (Lipinski definition) is 3. The Kier molecular flexibility index (Phi) is 6.88. The average Bonchev–Trinajstić information content (AvgIpc) is 2.60. The molecule has 0 radical (unpaired) electrons. The fraction of sp³-hybridized carbons (Fsp3) is 0.263. The fourth-order valence-electron chi connectivity index (χ4n) is 2.34. The number of hydrogen-bond donors (Lipinski definition) is 3. The second-order valence-electron chi connectivity index (χ2n) is 5.58. The zero-order chi connectivity index (χ0) is 17.4. The molecule has 2 rings (SSSR count). The van der Waals surface area contributed by atoms with Crippen molar-refractivity contribution >= 4 is 24.4 Å². The van der Waals surface area contributed by atoms with Crippen molar-refractivity contribution in [1.82, 2.24) is 10.6 Å². The van der Waals surface area contributed by atoms with Gasteiger partial charge >= 0.3 is 0 Å². The highest BCUT2D eigenvalue weighted by Crippen LogP contribution is 2.17. The van der Waals surface area contributed by atoms with Gasteiger partial charge in [-0.2, -0.15) is 12.6 Å². The summed E-state index contributed by atoms with van der Waals surface area (Å²) >= 11 is 4.08. The molecule has 0 aliphatic rings. The molecular formula is C19H22N2O2S. The number of aryl methyl sites for hydroxylation is 1. The van der Waals surface area contributed by atoms with Crippen LogP contribution in [-0.2, 0) is 4.79 Å². The van der Waals surface area contributed by atoms with Crippen molar-refractivity contribution < 1.29 is 9.59 Å². The van der Waals surface area contributed by atoms with Crippen molar-refractivity contribution in [3.8, 4) is 0 Å². The Morgan fingerprint density at radius 3 is 2.33 bits per heavy atom.